The van der Waals surface area contributed by atoms with Gasteiger partial charge in [0.15, 0.2) is 11.5 Å². The van der Waals surface area contributed by atoms with Crippen molar-refractivity contribution in [2.75, 3.05) is 20.8 Å². The van der Waals surface area contributed by atoms with Gasteiger partial charge in [-0.05, 0) is 70.4 Å². The van der Waals surface area contributed by atoms with Crippen LogP contribution >= 0.6 is 0 Å². The molecule has 1 aliphatic carbocycles. The van der Waals surface area contributed by atoms with Crippen molar-refractivity contribution in [3.8, 4) is 11.5 Å². The number of benzene rings is 1. The topological polar surface area (TPSA) is 56.8 Å². The van der Waals surface area contributed by atoms with Crippen molar-refractivity contribution in [2.24, 2.45) is 5.92 Å². The Morgan fingerprint density at radius 2 is 2.00 bits per heavy atom. The highest BCUT2D eigenvalue weighted by Gasteiger charge is 2.24. The minimum atomic E-state index is -0.452. The lowest BCUT2D eigenvalue weighted by Crippen LogP contribution is -2.33. The van der Waals surface area contributed by atoms with E-state index in [-0.39, 0.29) is 6.09 Å². The molecular formula is C20H31NO4. The maximum absolute atomic E-state index is 11.7. The molecule has 1 unspecified atom stereocenters. The lowest BCUT2D eigenvalue weighted by Gasteiger charge is -2.27. The van der Waals surface area contributed by atoms with Crippen LogP contribution in [0.3, 0.4) is 0 Å². The standard InChI is InChI=1S/C20H31NO4/c1-20(2,3)25-19(22)21-12-6-7-14-8-9-15-10-11-17(23-4)18(24-5)16(15)13-14/h10-11,14H,6-9,12-13H2,1-5H3,(H,21,22). The zero-order valence-electron chi connectivity index (χ0n) is 16.1. The Hall–Kier alpha value is -1.91. The minimum Gasteiger partial charge on any atom is -0.493 e. The number of ether oxygens (including phenoxy) is 3. The largest absolute Gasteiger partial charge is 0.493 e. The number of nitrogens with one attached hydrogen (secondary N) is 1. The van der Waals surface area contributed by atoms with Gasteiger partial charge in [-0.1, -0.05) is 6.07 Å². The van der Waals surface area contributed by atoms with Crippen LogP contribution < -0.4 is 14.8 Å². The predicted molar refractivity (Wildman–Crippen MR) is 98.5 cm³/mol. The number of carbonyl (C=O) groups is 1. The van der Waals surface area contributed by atoms with Crippen molar-refractivity contribution in [3.63, 3.8) is 0 Å². The molecule has 1 aliphatic rings. The Morgan fingerprint density at radius 1 is 1.24 bits per heavy atom. The maximum atomic E-state index is 11.7. The van der Waals surface area contributed by atoms with E-state index in [1.165, 1.54) is 17.5 Å². The van der Waals surface area contributed by atoms with Crippen molar-refractivity contribution in [3.05, 3.63) is 23.3 Å². The number of carbonyl (C=O) groups excluding carboxylic acids is 1. The van der Waals surface area contributed by atoms with E-state index in [0.717, 1.165) is 37.2 Å². The van der Waals surface area contributed by atoms with Crippen LogP contribution in [0.15, 0.2) is 12.1 Å². The summed E-state index contributed by atoms with van der Waals surface area (Å²) in [7, 11) is 3.37. The quantitative estimate of drug-likeness (QED) is 0.785. The molecule has 0 spiro atoms. The third kappa shape index (κ3) is 5.55. The van der Waals surface area contributed by atoms with Crippen molar-refractivity contribution in [1.29, 1.82) is 0 Å². The first-order chi connectivity index (χ1) is 11.8. The van der Waals surface area contributed by atoms with E-state index >= 15 is 0 Å². The molecule has 0 fully saturated rings. The van der Waals surface area contributed by atoms with E-state index in [4.69, 9.17) is 14.2 Å². The molecule has 1 amide bonds. The highest BCUT2D eigenvalue weighted by Crippen LogP contribution is 2.39. The molecule has 2 rings (SSSR count). The van der Waals surface area contributed by atoms with E-state index in [9.17, 15) is 4.79 Å². The van der Waals surface area contributed by atoms with E-state index < -0.39 is 5.60 Å². The van der Waals surface area contributed by atoms with Crippen molar-refractivity contribution in [2.45, 2.75) is 58.5 Å². The molecule has 0 bridgehead atoms. The van der Waals surface area contributed by atoms with Gasteiger partial charge in [0.1, 0.15) is 5.60 Å². The average molecular weight is 349 g/mol. The van der Waals surface area contributed by atoms with Crippen LogP contribution in [0, 0.1) is 5.92 Å². The zero-order chi connectivity index (χ0) is 18.4. The summed E-state index contributed by atoms with van der Waals surface area (Å²) in [5.74, 6) is 2.28. The molecule has 1 aromatic rings. The Balaban J connectivity index is 1.84. The van der Waals surface area contributed by atoms with Gasteiger partial charge in [-0.3, -0.25) is 0 Å². The van der Waals surface area contributed by atoms with E-state index in [1.54, 1.807) is 14.2 Å². The molecule has 0 aromatic heterocycles. The van der Waals surface area contributed by atoms with Gasteiger partial charge in [0.05, 0.1) is 14.2 Å². The number of amides is 1. The number of rotatable bonds is 6. The van der Waals surface area contributed by atoms with Crippen molar-refractivity contribution >= 4 is 6.09 Å². The van der Waals surface area contributed by atoms with Crippen LogP contribution in [-0.2, 0) is 17.6 Å². The second kappa shape index (κ2) is 8.45. The van der Waals surface area contributed by atoms with Crippen LogP contribution in [-0.4, -0.2) is 32.5 Å². The van der Waals surface area contributed by atoms with E-state index in [1.807, 2.05) is 26.8 Å². The molecular weight excluding hydrogens is 318 g/mol. The maximum Gasteiger partial charge on any atom is 0.407 e. The Labute approximate surface area is 151 Å². The number of fused-ring (bicyclic) bond motifs is 1. The van der Waals surface area contributed by atoms with Crippen molar-refractivity contribution in [1.82, 2.24) is 5.32 Å². The summed E-state index contributed by atoms with van der Waals surface area (Å²) in [5.41, 5.74) is 2.19. The second-order valence-electron chi connectivity index (χ2n) is 7.62. The molecule has 5 nitrogen and oxygen atoms in total. The Bertz CT molecular complexity index is 592. The molecule has 0 radical (unpaired) electrons. The molecule has 140 valence electrons. The smallest absolute Gasteiger partial charge is 0.407 e. The number of hydrogen-bond donors (Lipinski definition) is 1. The molecule has 1 atom stereocenters. The highest BCUT2D eigenvalue weighted by atomic mass is 16.6. The third-order valence-corrected chi connectivity index (χ3v) is 4.52. The first kappa shape index (κ1) is 19.4. The van der Waals surface area contributed by atoms with Gasteiger partial charge in [-0.15, -0.1) is 0 Å². The summed E-state index contributed by atoms with van der Waals surface area (Å²) < 4.78 is 16.3. The van der Waals surface area contributed by atoms with Crippen LogP contribution in [0.2, 0.25) is 0 Å². The normalized spacial score (nSPS) is 16.8. The summed E-state index contributed by atoms with van der Waals surface area (Å²) >= 11 is 0. The average Bonchev–Trinajstić information content (AvgIpc) is 2.55. The van der Waals surface area contributed by atoms with Crippen molar-refractivity contribution < 1.29 is 19.0 Å². The highest BCUT2D eigenvalue weighted by molar-refractivity contribution is 5.67. The Morgan fingerprint density at radius 3 is 2.64 bits per heavy atom. The van der Waals surface area contributed by atoms with Gasteiger partial charge in [0, 0.05) is 12.1 Å². The molecule has 1 N–H and O–H groups in total. The number of hydrogen-bond acceptors (Lipinski definition) is 4. The summed E-state index contributed by atoms with van der Waals surface area (Å²) in [6.45, 7) is 6.25. The lowest BCUT2D eigenvalue weighted by atomic mass is 9.81. The molecule has 5 heteroatoms. The Kier molecular flexibility index (Phi) is 6.57. The summed E-state index contributed by atoms with van der Waals surface area (Å²) in [6.07, 6.45) is 4.94. The first-order valence-electron chi connectivity index (χ1n) is 9.03. The van der Waals surface area contributed by atoms with Gasteiger partial charge in [0.25, 0.3) is 0 Å². The summed E-state index contributed by atoms with van der Waals surface area (Å²) in [6, 6.07) is 4.14. The molecule has 0 heterocycles. The number of alkyl carbamates (subject to hydrolysis) is 1. The molecule has 0 saturated heterocycles. The molecule has 0 saturated carbocycles. The fraction of sp³-hybridized carbons (Fsp3) is 0.650. The van der Waals surface area contributed by atoms with Gasteiger partial charge in [-0.2, -0.15) is 0 Å². The molecule has 0 aliphatic heterocycles. The van der Waals surface area contributed by atoms with Crippen LogP contribution in [0.25, 0.3) is 0 Å². The summed E-state index contributed by atoms with van der Waals surface area (Å²) in [5, 5.41) is 2.83. The van der Waals surface area contributed by atoms with Gasteiger partial charge in [-0.25, -0.2) is 4.79 Å². The second-order valence-corrected chi connectivity index (χ2v) is 7.62. The zero-order valence-corrected chi connectivity index (χ0v) is 16.1. The SMILES string of the molecule is COc1ccc2c(c1OC)CC(CCCNC(=O)OC(C)(C)C)CC2. The molecule has 1 aromatic carbocycles. The van der Waals surface area contributed by atoms with Gasteiger partial charge < -0.3 is 19.5 Å². The lowest BCUT2D eigenvalue weighted by molar-refractivity contribution is 0.0526. The first-order valence-corrected chi connectivity index (χ1v) is 9.03. The van der Waals surface area contributed by atoms with Crippen LogP contribution in [0.4, 0.5) is 4.79 Å². The molecule has 25 heavy (non-hydrogen) atoms. The minimum absolute atomic E-state index is 0.340. The van der Waals surface area contributed by atoms with Gasteiger partial charge in [0.2, 0.25) is 0 Å². The van der Waals surface area contributed by atoms with Crippen LogP contribution in [0.1, 0.15) is 51.2 Å². The fourth-order valence-electron chi connectivity index (χ4n) is 3.38. The number of methoxy groups -OCH3 is 2. The monoisotopic (exact) mass is 349 g/mol. The van der Waals surface area contributed by atoms with Crippen LogP contribution in [0.5, 0.6) is 11.5 Å². The summed E-state index contributed by atoms with van der Waals surface area (Å²) in [4.78, 5) is 11.7. The fourth-order valence-corrected chi connectivity index (χ4v) is 3.38. The van der Waals surface area contributed by atoms with E-state index in [2.05, 4.69) is 11.4 Å². The predicted octanol–water partition coefficient (Wildman–Crippen LogP) is 4.11. The van der Waals surface area contributed by atoms with E-state index in [0.29, 0.717) is 12.5 Å². The third-order valence-electron chi connectivity index (χ3n) is 4.52. The number of aryl methyl sites for hydroxylation is 1. The van der Waals surface area contributed by atoms with Gasteiger partial charge >= 0.3 is 6.09 Å².